The number of halogens is 1. The van der Waals surface area contributed by atoms with Crippen molar-refractivity contribution in [2.24, 2.45) is 17.8 Å². The number of carbonyl (C=O) groups excluding carboxylic acids is 4. The second-order valence-corrected chi connectivity index (χ2v) is 14.3. The summed E-state index contributed by atoms with van der Waals surface area (Å²) in [7, 11) is 0. The Morgan fingerprint density at radius 2 is 1.86 bits per heavy atom. The van der Waals surface area contributed by atoms with Crippen molar-refractivity contribution < 1.29 is 33.8 Å². The first-order chi connectivity index (χ1) is 23.9. The van der Waals surface area contributed by atoms with Crippen molar-refractivity contribution in [3.05, 3.63) is 90.0 Å². The highest BCUT2D eigenvalue weighted by Gasteiger charge is 2.76. The van der Waals surface area contributed by atoms with Gasteiger partial charge in [0.1, 0.15) is 17.7 Å². The zero-order valence-corrected chi connectivity index (χ0v) is 30.0. The molecule has 0 unspecified atom stereocenters. The average Bonchev–Trinajstić information content (AvgIpc) is 3.73. The number of carbonyl (C=O) groups is 4. The normalized spacial score (nSPS) is 25.5. The molecular weight excluding hydrogens is 658 g/mol. The molecule has 0 aromatic heterocycles. The van der Waals surface area contributed by atoms with Crippen LogP contribution in [-0.4, -0.2) is 76.7 Å². The summed E-state index contributed by atoms with van der Waals surface area (Å²) in [4.78, 5) is 59.8. The Labute approximate surface area is 299 Å². The van der Waals surface area contributed by atoms with Crippen LogP contribution in [0.4, 0.5) is 5.69 Å². The Bertz CT molecular complexity index is 1600. The number of para-hydroxylation sites is 1. The van der Waals surface area contributed by atoms with E-state index in [1.807, 2.05) is 57.2 Å². The average molecular weight is 706 g/mol. The van der Waals surface area contributed by atoms with Crippen LogP contribution in [0.3, 0.4) is 0 Å². The lowest BCUT2D eigenvalue weighted by Gasteiger charge is -2.40. The van der Waals surface area contributed by atoms with Gasteiger partial charge in [-0.05, 0) is 56.2 Å². The summed E-state index contributed by atoms with van der Waals surface area (Å²) in [5, 5.41) is 13.9. The van der Waals surface area contributed by atoms with Gasteiger partial charge in [0.25, 0.3) is 5.91 Å². The maximum absolute atomic E-state index is 15.0. The monoisotopic (exact) mass is 705 g/mol. The number of nitrogens with one attached hydrogen (secondary N) is 1. The standard InChI is InChI=1S/C39H48ClN3O7/c1-7-9-18-30(45)41-25(6)34(26-15-11-10-12-16-26)49-38(48)31-29-19-20-39(50-29)32(31)36(46)43(28(22-44)23(3)4)35(39)37(47)42(21-8-2)33-24(5)14-13-17-27(33)40/h7-8,10-17,23,25,28-29,31-32,34-35,44H,1-2,9,18-22H2,3-6H3,(H,41,45)/t25-,28-,29-,31+,32+,34-,35-,39+/m0/s1. The number of likely N-dealkylation sites (tertiary alicyclic amines) is 1. The fourth-order valence-corrected chi connectivity index (χ4v) is 8.41. The Morgan fingerprint density at radius 3 is 2.48 bits per heavy atom. The highest BCUT2D eigenvalue weighted by Crippen LogP contribution is 2.60. The van der Waals surface area contributed by atoms with Gasteiger partial charge in [-0.1, -0.05) is 80.1 Å². The summed E-state index contributed by atoms with van der Waals surface area (Å²) >= 11 is 6.68. The number of benzene rings is 2. The molecule has 3 fully saturated rings. The van der Waals surface area contributed by atoms with E-state index in [1.54, 1.807) is 31.2 Å². The van der Waals surface area contributed by atoms with Gasteiger partial charge in [0, 0.05) is 13.0 Å². The molecule has 0 saturated carbocycles. The molecule has 268 valence electrons. The van der Waals surface area contributed by atoms with Gasteiger partial charge < -0.3 is 29.7 Å². The Morgan fingerprint density at radius 1 is 1.14 bits per heavy atom. The van der Waals surface area contributed by atoms with E-state index in [0.717, 1.165) is 5.56 Å². The number of esters is 1. The predicted molar refractivity (Wildman–Crippen MR) is 191 cm³/mol. The van der Waals surface area contributed by atoms with Crippen molar-refractivity contribution in [1.82, 2.24) is 10.2 Å². The van der Waals surface area contributed by atoms with Gasteiger partial charge in [-0.15, -0.1) is 13.2 Å². The van der Waals surface area contributed by atoms with Crippen LogP contribution in [0.2, 0.25) is 5.02 Å². The molecule has 5 rings (SSSR count). The number of allylic oxidation sites excluding steroid dienone is 1. The molecule has 3 saturated heterocycles. The van der Waals surface area contributed by atoms with Crippen LogP contribution >= 0.6 is 11.6 Å². The van der Waals surface area contributed by atoms with Crippen LogP contribution < -0.4 is 10.2 Å². The van der Waals surface area contributed by atoms with E-state index in [4.69, 9.17) is 21.1 Å². The molecule has 2 bridgehead atoms. The van der Waals surface area contributed by atoms with E-state index < -0.39 is 65.6 Å². The van der Waals surface area contributed by atoms with Crippen LogP contribution in [0.15, 0.2) is 73.8 Å². The molecule has 2 N–H and O–H groups in total. The minimum atomic E-state index is -1.34. The van der Waals surface area contributed by atoms with Crippen molar-refractivity contribution in [3.8, 4) is 0 Å². The quantitative estimate of drug-likeness (QED) is 0.190. The van der Waals surface area contributed by atoms with E-state index in [1.165, 1.54) is 9.80 Å². The summed E-state index contributed by atoms with van der Waals surface area (Å²) in [5.41, 5.74) is 0.594. The number of hydrogen-bond donors (Lipinski definition) is 2. The van der Waals surface area contributed by atoms with Gasteiger partial charge in [0.05, 0.1) is 47.3 Å². The molecule has 2 aromatic carbocycles. The molecule has 0 radical (unpaired) electrons. The molecule has 50 heavy (non-hydrogen) atoms. The van der Waals surface area contributed by atoms with Crippen LogP contribution in [0.25, 0.3) is 0 Å². The summed E-state index contributed by atoms with van der Waals surface area (Å²) in [6.45, 7) is 14.6. The van der Waals surface area contributed by atoms with Gasteiger partial charge in [-0.25, -0.2) is 0 Å². The second-order valence-electron chi connectivity index (χ2n) is 13.9. The zero-order valence-electron chi connectivity index (χ0n) is 29.2. The third-order valence-corrected chi connectivity index (χ3v) is 10.7. The van der Waals surface area contributed by atoms with E-state index in [-0.39, 0.29) is 31.4 Å². The zero-order chi connectivity index (χ0) is 36.3. The number of rotatable bonds is 15. The van der Waals surface area contributed by atoms with Gasteiger partial charge in [0.15, 0.2) is 0 Å². The minimum absolute atomic E-state index is 0.109. The minimum Gasteiger partial charge on any atom is -0.455 e. The molecule has 3 amide bonds. The Balaban J connectivity index is 1.54. The van der Waals surface area contributed by atoms with Crippen LogP contribution in [0, 0.1) is 24.7 Å². The van der Waals surface area contributed by atoms with Crippen molar-refractivity contribution in [2.45, 2.75) is 89.3 Å². The van der Waals surface area contributed by atoms with Crippen LogP contribution in [0.5, 0.6) is 0 Å². The van der Waals surface area contributed by atoms with Gasteiger partial charge in [0.2, 0.25) is 11.8 Å². The molecule has 10 nitrogen and oxygen atoms in total. The lowest BCUT2D eigenvalue weighted by Crippen LogP contribution is -2.60. The number of aliphatic hydroxyl groups is 1. The molecule has 0 aliphatic carbocycles. The number of hydrogen-bond acceptors (Lipinski definition) is 7. The van der Waals surface area contributed by atoms with Gasteiger partial charge >= 0.3 is 5.97 Å². The molecule has 3 aliphatic heterocycles. The first kappa shape index (κ1) is 37.3. The molecule has 3 aliphatic rings. The van der Waals surface area contributed by atoms with Crippen molar-refractivity contribution >= 4 is 41.0 Å². The number of ether oxygens (including phenoxy) is 2. The third kappa shape index (κ3) is 6.73. The van der Waals surface area contributed by atoms with E-state index in [2.05, 4.69) is 18.5 Å². The number of amides is 3. The highest BCUT2D eigenvalue weighted by molar-refractivity contribution is 6.34. The molecule has 3 heterocycles. The first-order valence-electron chi connectivity index (χ1n) is 17.4. The van der Waals surface area contributed by atoms with E-state index in [9.17, 15) is 24.3 Å². The molecule has 8 atom stereocenters. The Kier molecular flexibility index (Phi) is 11.5. The molecule has 2 aromatic rings. The lowest BCUT2D eigenvalue weighted by atomic mass is 9.70. The first-order valence-corrected chi connectivity index (χ1v) is 17.7. The van der Waals surface area contributed by atoms with Crippen LogP contribution in [-0.2, 0) is 28.7 Å². The number of aliphatic hydroxyl groups excluding tert-OH is 1. The van der Waals surface area contributed by atoms with Crippen LogP contribution in [0.1, 0.15) is 63.7 Å². The summed E-state index contributed by atoms with van der Waals surface area (Å²) < 4.78 is 12.9. The molecule has 1 spiro atoms. The number of aryl methyl sites for hydroxylation is 1. The van der Waals surface area contributed by atoms with Gasteiger partial charge in [-0.3, -0.25) is 19.2 Å². The lowest BCUT2D eigenvalue weighted by molar-refractivity contribution is -0.162. The Hall–Kier alpha value is -3.99. The second kappa shape index (κ2) is 15.5. The summed E-state index contributed by atoms with van der Waals surface area (Å²) in [5.74, 6) is -3.96. The maximum atomic E-state index is 15.0. The van der Waals surface area contributed by atoms with E-state index >= 15 is 0 Å². The fourth-order valence-electron chi connectivity index (χ4n) is 8.09. The highest BCUT2D eigenvalue weighted by atomic mass is 35.5. The summed E-state index contributed by atoms with van der Waals surface area (Å²) in [6.07, 6.45) is 3.28. The predicted octanol–water partition coefficient (Wildman–Crippen LogP) is 5.31. The topological polar surface area (TPSA) is 125 Å². The maximum Gasteiger partial charge on any atom is 0.313 e. The smallest absolute Gasteiger partial charge is 0.313 e. The van der Waals surface area contributed by atoms with E-state index in [0.29, 0.717) is 35.5 Å². The third-order valence-electron chi connectivity index (χ3n) is 10.4. The number of fused-ring (bicyclic) bond motifs is 1. The molecular formula is C39H48ClN3O7. The number of nitrogens with zero attached hydrogens (tertiary/aromatic N) is 2. The fraction of sp³-hybridized carbons (Fsp3) is 0.487. The SMILES string of the molecule is C=CCCC(=O)N[C@@H](C)[C@H](OC(=O)[C@@H]1[C@@H]2CC[C@]3(O2)[C@H](C(=O)N(CC=C)c2c(C)cccc2Cl)N([C@@H](CO)C(C)C)C(=O)[C@@H]13)c1ccccc1. The number of anilines is 1. The van der Waals surface area contributed by atoms with Crippen molar-refractivity contribution in [3.63, 3.8) is 0 Å². The molecule has 11 heteroatoms. The van der Waals surface area contributed by atoms with Gasteiger partial charge in [-0.2, -0.15) is 0 Å². The summed E-state index contributed by atoms with van der Waals surface area (Å²) in [6, 6.07) is 12.0. The van der Waals surface area contributed by atoms with Crippen molar-refractivity contribution in [1.29, 1.82) is 0 Å². The van der Waals surface area contributed by atoms with Crippen molar-refractivity contribution in [2.75, 3.05) is 18.1 Å². The largest absolute Gasteiger partial charge is 0.455 e.